The van der Waals surface area contributed by atoms with Gasteiger partial charge in [0.2, 0.25) is 6.79 Å². The summed E-state index contributed by atoms with van der Waals surface area (Å²) < 4.78 is 21.5. The van der Waals surface area contributed by atoms with Crippen molar-refractivity contribution in [3.05, 3.63) is 72.3 Å². The van der Waals surface area contributed by atoms with E-state index in [0.29, 0.717) is 32.7 Å². The smallest absolute Gasteiger partial charge is 0.308 e. The second-order valence-corrected chi connectivity index (χ2v) is 10.4. The minimum Gasteiger partial charge on any atom is -0.428 e. The number of carbonyl (C=O) groups excluding carboxylic acids is 2. The monoisotopic (exact) mass is 551 g/mol. The minimum absolute atomic E-state index is 0.0234. The Kier molecular flexibility index (Phi) is 11.7. The molecule has 0 bridgehead atoms. The summed E-state index contributed by atoms with van der Waals surface area (Å²) in [5, 5.41) is 11.1. The highest BCUT2D eigenvalue weighted by Crippen LogP contribution is 2.36. The fourth-order valence-corrected chi connectivity index (χ4v) is 5.54. The van der Waals surface area contributed by atoms with Crippen LogP contribution < -0.4 is 0 Å². The maximum absolute atomic E-state index is 11.7. The van der Waals surface area contributed by atoms with E-state index >= 15 is 0 Å². The number of morpholine rings is 1. The molecule has 1 saturated heterocycles. The number of unbranched alkanes of at least 4 members (excludes halogenated alkanes) is 1. The van der Waals surface area contributed by atoms with Crippen molar-refractivity contribution in [1.29, 1.82) is 0 Å². The average molecular weight is 552 g/mol. The highest BCUT2D eigenvalue weighted by molar-refractivity contribution is 5.70. The number of hydrogen-bond acceptors (Lipinski definition) is 8. The molecule has 1 N–H and O–H groups in total. The molecule has 2 aliphatic rings. The number of carbonyl (C=O) groups is 2. The summed E-state index contributed by atoms with van der Waals surface area (Å²) in [6.45, 7) is 4.41. The molecule has 1 aliphatic carbocycles. The molecule has 216 valence electrons. The number of allylic oxidation sites excluding steroid dienone is 2. The van der Waals surface area contributed by atoms with Gasteiger partial charge in [0.1, 0.15) is 0 Å². The standard InChI is InChI=1S/C32H41NO7/c1-24(34)39-23-40-31(36)12-8-3-2-7-11-28-30(21-29(35)32(28)33-17-19-37-20-18-33)38-22-25-13-15-27(16-14-25)26-9-5-4-6-10-26/h2,4-7,9-10,13-16,28-30,32,35H,3,8,11-12,17-23H2,1H3/b7-2-/t28?,29-,30-,32+/m0/s1. The van der Waals surface area contributed by atoms with Gasteiger partial charge in [-0.1, -0.05) is 66.7 Å². The second kappa shape index (κ2) is 15.7. The molecule has 0 spiro atoms. The van der Waals surface area contributed by atoms with Crippen LogP contribution in [-0.2, 0) is 35.1 Å². The maximum atomic E-state index is 11.7. The topological polar surface area (TPSA) is 94.5 Å². The summed E-state index contributed by atoms with van der Waals surface area (Å²) >= 11 is 0. The molecule has 1 unspecified atom stereocenters. The molecule has 0 radical (unpaired) electrons. The van der Waals surface area contributed by atoms with Gasteiger partial charge in [0.25, 0.3) is 0 Å². The Labute approximate surface area is 236 Å². The van der Waals surface area contributed by atoms with Gasteiger partial charge in [-0.3, -0.25) is 14.5 Å². The van der Waals surface area contributed by atoms with Crippen molar-refractivity contribution in [3.8, 4) is 11.1 Å². The Morgan fingerprint density at radius 3 is 2.45 bits per heavy atom. The van der Waals surface area contributed by atoms with Gasteiger partial charge in [0.05, 0.1) is 32.0 Å². The van der Waals surface area contributed by atoms with Gasteiger partial charge in [0.15, 0.2) is 0 Å². The van der Waals surface area contributed by atoms with E-state index in [-0.39, 0.29) is 37.2 Å². The first-order valence-electron chi connectivity index (χ1n) is 14.2. The Morgan fingerprint density at radius 1 is 1.00 bits per heavy atom. The van der Waals surface area contributed by atoms with E-state index in [0.717, 1.165) is 31.5 Å². The summed E-state index contributed by atoms with van der Waals surface area (Å²) in [5.41, 5.74) is 3.47. The van der Waals surface area contributed by atoms with E-state index in [4.69, 9.17) is 14.2 Å². The van der Waals surface area contributed by atoms with Gasteiger partial charge >= 0.3 is 11.9 Å². The third-order valence-electron chi connectivity index (χ3n) is 7.59. The third kappa shape index (κ3) is 8.99. The highest BCUT2D eigenvalue weighted by Gasteiger charge is 2.45. The number of nitrogens with zero attached hydrogens (tertiary/aromatic N) is 1. The number of rotatable bonds is 13. The first-order chi connectivity index (χ1) is 19.5. The number of ether oxygens (including phenoxy) is 4. The zero-order chi connectivity index (χ0) is 28.2. The largest absolute Gasteiger partial charge is 0.428 e. The molecule has 1 aliphatic heterocycles. The van der Waals surface area contributed by atoms with E-state index in [1.807, 2.05) is 18.2 Å². The third-order valence-corrected chi connectivity index (χ3v) is 7.59. The van der Waals surface area contributed by atoms with Gasteiger partial charge in [-0.05, 0) is 36.0 Å². The molecule has 2 aromatic rings. The van der Waals surface area contributed by atoms with Gasteiger partial charge < -0.3 is 24.1 Å². The lowest BCUT2D eigenvalue weighted by Crippen LogP contribution is -2.50. The number of aliphatic hydroxyl groups is 1. The number of benzene rings is 2. The lowest BCUT2D eigenvalue weighted by atomic mass is 9.94. The molecular weight excluding hydrogens is 510 g/mol. The second-order valence-electron chi connectivity index (χ2n) is 10.4. The van der Waals surface area contributed by atoms with Gasteiger partial charge in [-0.2, -0.15) is 0 Å². The molecule has 0 amide bonds. The number of esters is 2. The Hall–Kier alpha value is -3.04. The highest BCUT2D eigenvalue weighted by atomic mass is 16.7. The predicted octanol–water partition coefficient (Wildman–Crippen LogP) is 4.50. The fourth-order valence-electron chi connectivity index (χ4n) is 5.54. The molecule has 2 aromatic carbocycles. The normalized spacial score (nSPS) is 23.4. The van der Waals surface area contributed by atoms with Crippen LogP contribution in [-0.4, -0.2) is 73.3 Å². The molecule has 4 atom stereocenters. The van der Waals surface area contributed by atoms with Crippen LogP contribution in [0.5, 0.6) is 0 Å². The Balaban J connectivity index is 1.30. The molecule has 4 rings (SSSR count). The molecule has 8 nitrogen and oxygen atoms in total. The lowest BCUT2D eigenvalue weighted by molar-refractivity contribution is -0.165. The molecular formula is C32H41NO7. The van der Waals surface area contributed by atoms with Crippen LogP contribution in [0.4, 0.5) is 0 Å². The Bertz CT molecular complexity index is 1080. The van der Waals surface area contributed by atoms with E-state index in [9.17, 15) is 14.7 Å². The zero-order valence-electron chi connectivity index (χ0n) is 23.3. The first-order valence-corrected chi connectivity index (χ1v) is 14.2. The summed E-state index contributed by atoms with van der Waals surface area (Å²) in [5.74, 6) is -0.709. The van der Waals surface area contributed by atoms with Gasteiger partial charge in [-0.25, -0.2) is 0 Å². The Morgan fingerprint density at radius 2 is 1.73 bits per heavy atom. The average Bonchev–Trinajstić information content (AvgIpc) is 3.29. The molecule has 2 fully saturated rings. The van der Waals surface area contributed by atoms with Crippen LogP contribution in [0.3, 0.4) is 0 Å². The number of aliphatic hydroxyl groups excluding tert-OH is 1. The van der Waals surface area contributed by atoms with Crippen molar-refractivity contribution < 1.29 is 33.6 Å². The minimum atomic E-state index is -0.480. The van der Waals surface area contributed by atoms with Crippen molar-refractivity contribution in [2.75, 3.05) is 33.1 Å². The SMILES string of the molecule is CC(=O)OCOC(=O)CCC/C=C\CC1[C@@H](OCc2ccc(-c3ccccc3)cc2)C[C@H](O)[C@@H]1N1CCOCC1. The summed E-state index contributed by atoms with van der Waals surface area (Å²) in [4.78, 5) is 24.8. The fraction of sp³-hybridized carbons (Fsp3) is 0.500. The van der Waals surface area contributed by atoms with Crippen molar-refractivity contribution in [1.82, 2.24) is 4.90 Å². The van der Waals surface area contributed by atoms with Crippen LogP contribution in [0.25, 0.3) is 11.1 Å². The van der Waals surface area contributed by atoms with Crippen LogP contribution in [0.15, 0.2) is 66.7 Å². The van der Waals surface area contributed by atoms with Crippen LogP contribution >= 0.6 is 0 Å². The number of hydrogen-bond donors (Lipinski definition) is 1. The summed E-state index contributed by atoms with van der Waals surface area (Å²) in [6.07, 6.45) is 6.76. The predicted molar refractivity (Wildman–Crippen MR) is 151 cm³/mol. The molecule has 0 aromatic heterocycles. The van der Waals surface area contributed by atoms with E-state index < -0.39 is 12.1 Å². The molecule has 40 heavy (non-hydrogen) atoms. The van der Waals surface area contributed by atoms with Crippen molar-refractivity contribution in [2.45, 2.75) is 63.9 Å². The quantitative estimate of drug-likeness (QED) is 0.168. The van der Waals surface area contributed by atoms with Crippen molar-refractivity contribution >= 4 is 11.9 Å². The van der Waals surface area contributed by atoms with Crippen LogP contribution in [0.1, 0.15) is 44.6 Å². The van der Waals surface area contributed by atoms with E-state index in [2.05, 4.69) is 58.2 Å². The maximum Gasteiger partial charge on any atom is 0.308 e. The molecule has 1 heterocycles. The summed E-state index contributed by atoms with van der Waals surface area (Å²) in [6, 6.07) is 18.8. The first kappa shape index (κ1) is 29.9. The molecule has 8 heteroatoms. The molecule has 1 saturated carbocycles. The lowest BCUT2D eigenvalue weighted by Gasteiger charge is -2.37. The van der Waals surface area contributed by atoms with Crippen LogP contribution in [0.2, 0.25) is 0 Å². The van der Waals surface area contributed by atoms with Crippen LogP contribution in [0, 0.1) is 5.92 Å². The zero-order valence-corrected chi connectivity index (χ0v) is 23.3. The van der Waals surface area contributed by atoms with Crippen molar-refractivity contribution in [3.63, 3.8) is 0 Å². The van der Waals surface area contributed by atoms with Gasteiger partial charge in [-0.15, -0.1) is 0 Å². The van der Waals surface area contributed by atoms with Gasteiger partial charge in [0, 0.05) is 44.8 Å². The van der Waals surface area contributed by atoms with Crippen molar-refractivity contribution in [2.24, 2.45) is 5.92 Å². The summed E-state index contributed by atoms with van der Waals surface area (Å²) in [7, 11) is 0. The van der Waals surface area contributed by atoms with E-state index in [1.165, 1.54) is 18.1 Å². The van der Waals surface area contributed by atoms with E-state index in [1.54, 1.807) is 0 Å².